The zero-order chi connectivity index (χ0) is 16.7. The lowest BCUT2D eigenvalue weighted by Crippen LogP contribution is -2.34. The number of nitrogens with zero attached hydrogens (tertiary/aromatic N) is 4. The third-order valence-corrected chi connectivity index (χ3v) is 3.87. The van der Waals surface area contributed by atoms with Crippen LogP contribution in [0.25, 0.3) is 22.4 Å². The van der Waals surface area contributed by atoms with Crippen molar-refractivity contribution >= 4 is 11.0 Å². The van der Waals surface area contributed by atoms with Crippen molar-refractivity contribution in [3.63, 3.8) is 0 Å². The van der Waals surface area contributed by atoms with E-state index in [9.17, 15) is 14.4 Å². The van der Waals surface area contributed by atoms with Gasteiger partial charge in [-0.25, -0.2) is 9.78 Å². The van der Waals surface area contributed by atoms with E-state index in [1.54, 1.807) is 11.5 Å². The van der Waals surface area contributed by atoms with Crippen molar-refractivity contribution in [2.45, 2.75) is 33.2 Å². The van der Waals surface area contributed by atoms with Crippen molar-refractivity contribution in [2.75, 3.05) is 0 Å². The molecule has 1 aromatic heterocycles. The quantitative estimate of drug-likeness (QED) is 0.704. The highest BCUT2D eigenvalue weighted by Crippen LogP contribution is 2.21. The average Bonchev–Trinajstić information content (AvgIpc) is 2.50. The Bertz CT molecular complexity index is 1040. The van der Waals surface area contributed by atoms with E-state index in [1.165, 1.54) is 13.1 Å². The third kappa shape index (κ3) is 2.36. The summed E-state index contributed by atoms with van der Waals surface area (Å²) in [6.45, 7) is 4.22. The van der Waals surface area contributed by atoms with Gasteiger partial charge >= 0.3 is 5.69 Å². The Morgan fingerprint density at radius 2 is 1.96 bits per heavy atom. The summed E-state index contributed by atoms with van der Waals surface area (Å²) in [6.07, 6.45) is 1.75. The minimum Gasteiger partial charge on any atom is -0.311 e. The van der Waals surface area contributed by atoms with Crippen molar-refractivity contribution < 1.29 is 0 Å². The molecule has 1 aromatic rings. The zero-order valence-corrected chi connectivity index (χ0v) is 13.2. The lowest BCUT2D eigenvalue weighted by Gasteiger charge is -2.17. The van der Waals surface area contributed by atoms with Gasteiger partial charge in [0.05, 0.1) is 10.9 Å². The number of unbranched alkanes of at least 4 members (excludes halogenated alkanes) is 1. The molecule has 120 valence electrons. The van der Waals surface area contributed by atoms with Gasteiger partial charge in [-0.2, -0.15) is 4.98 Å². The number of aromatic amines is 1. The molecular weight excluding hydrogens is 298 g/mol. The molecule has 2 aliphatic heterocycles. The molecule has 0 atom stereocenters. The van der Waals surface area contributed by atoms with Crippen molar-refractivity contribution in [1.29, 1.82) is 0 Å². The Kier molecular flexibility index (Phi) is 3.59. The molecule has 1 N–H and O–H groups in total. The van der Waals surface area contributed by atoms with Crippen LogP contribution >= 0.6 is 0 Å². The molecule has 0 amide bonds. The number of hydrogen-bond donors (Lipinski definition) is 1. The first kappa shape index (κ1) is 15.1. The number of aryl methyl sites for hydroxylation is 2. The minimum absolute atomic E-state index is 0.278. The van der Waals surface area contributed by atoms with Crippen LogP contribution in [0.5, 0.6) is 0 Å². The van der Waals surface area contributed by atoms with E-state index in [-0.39, 0.29) is 10.9 Å². The van der Waals surface area contributed by atoms with Gasteiger partial charge in [0.25, 0.3) is 11.1 Å². The summed E-state index contributed by atoms with van der Waals surface area (Å²) < 4.78 is 2.71. The number of rotatable bonds is 3. The lowest BCUT2D eigenvalue weighted by atomic mass is 10.1. The van der Waals surface area contributed by atoms with Gasteiger partial charge in [-0.1, -0.05) is 13.3 Å². The SMILES string of the molecule is CCCCn1c2nc(C)nc(=O)c-2cc2c(=O)n(C)c(=O)[nH]c21. The largest absolute Gasteiger partial charge is 0.329 e. The Morgan fingerprint density at radius 3 is 2.65 bits per heavy atom. The molecule has 0 bridgehead atoms. The Balaban J connectivity index is 2.56. The molecular formula is C15H17N5O3. The number of nitrogens with one attached hydrogen (secondary N) is 1. The summed E-state index contributed by atoms with van der Waals surface area (Å²) >= 11 is 0. The average molecular weight is 315 g/mol. The number of H-pyrrole nitrogens is 1. The fourth-order valence-corrected chi connectivity index (χ4v) is 2.63. The zero-order valence-electron chi connectivity index (χ0n) is 13.2. The van der Waals surface area contributed by atoms with Crippen molar-refractivity contribution in [3.05, 3.63) is 43.1 Å². The van der Waals surface area contributed by atoms with Crippen LogP contribution in [0.15, 0.2) is 20.4 Å². The Labute approximate surface area is 130 Å². The molecule has 23 heavy (non-hydrogen) atoms. The van der Waals surface area contributed by atoms with Crippen LogP contribution in [0.2, 0.25) is 0 Å². The van der Waals surface area contributed by atoms with Gasteiger partial charge in [0.1, 0.15) is 17.3 Å². The standard InChI is InChI=1S/C15H17N5O3/c1-4-5-6-20-11-9(13(21)17-8(2)16-11)7-10-12(20)18-15(23)19(3)14(10)22/h7H,4-6H2,1-3H3,(H,18,23). The van der Waals surface area contributed by atoms with Crippen LogP contribution in [0.4, 0.5) is 0 Å². The highest BCUT2D eigenvalue weighted by molar-refractivity contribution is 5.81. The minimum atomic E-state index is -0.500. The predicted molar refractivity (Wildman–Crippen MR) is 85.9 cm³/mol. The summed E-state index contributed by atoms with van der Waals surface area (Å²) in [5.74, 6) is 0.797. The second-order valence-corrected chi connectivity index (χ2v) is 5.52. The molecule has 0 aliphatic carbocycles. The first-order valence-electron chi connectivity index (χ1n) is 7.45. The van der Waals surface area contributed by atoms with Crippen LogP contribution < -0.4 is 16.8 Å². The number of hydrogen-bond acceptors (Lipinski definition) is 5. The van der Waals surface area contributed by atoms with Gasteiger partial charge in [0, 0.05) is 13.6 Å². The van der Waals surface area contributed by atoms with Crippen LogP contribution in [0.3, 0.4) is 0 Å². The topological polar surface area (TPSA) is 103 Å². The van der Waals surface area contributed by atoms with Crippen LogP contribution in [-0.4, -0.2) is 24.1 Å². The van der Waals surface area contributed by atoms with E-state index in [0.717, 1.165) is 17.4 Å². The number of aromatic nitrogens is 5. The second-order valence-electron chi connectivity index (χ2n) is 5.52. The molecule has 0 fully saturated rings. The highest BCUT2D eigenvalue weighted by Gasteiger charge is 2.19. The van der Waals surface area contributed by atoms with E-state index in [1.807, 2.05) is 6.92 Å². The van der Waals surface area contributed by atoms with Crippen molar-refractivity contribution in [1.82, 2.24) is 24.1 Å². The molecule has 8 heteroatoms. The van der Waals surface area contributed by atoms with E-state index in [4.69, 9.17) is 0 Å². The van der Waals surface area contributed by atoms with Crippen LogP contribution in [0.1, 0.15) is 25.6 Å². The molecule has 8 nitrogen and oxygen atoms in total. The molecule has 0 saturated carbocycles. The Morgan fingerprint density at radius 1 is 1.22 bits per heavy atom. The van der Waals surface area contributed by atoms with Gasteiger partial charge in [0.15, 0.2) is 0 Å². The van der Waals surface area contributed by atoms with Gasteiger partial charge in [0.2, 0.25) is 0 Å². The molecule has 2 aliphatic rings. The van der Waals surface area contributed by atoms with Gasteiger partial charge in [-0.05, 0) is 19.4 Å². The predicted octanol–water partition coefficient (Wildman–Crippen LogP) is 0.392. The smallest absolute Gasteiger partial charge is 0.311 e. The molecule has 0 spiro atoms. The third-order valence-electron chi connectivity index (χ3n) is 3.87. The number of pyridine rings is 1. The fraction of sp³-hybridized carbons (Fsp3) is 0.400. The fourth-order valence-electron chi connectivity index (χ4n) is 2.63. The molecule has 0 unspecified atom stereocenters. The van der Waals surface area contributed by atoms with E-state index in [2.05, 4.69) is 15.0 Å². The normalized spacial score (nSPS) is 11.4. The summed E-state index contributed by atoms with van der Waals surface area (Å²) in [5, 5.41) is 0.278. The first-order chi connectivity index (χ1) is 10.9. The van der Waals surface area contributed by atoms with Crippen LogP contribution in [0, 0.1) is 6.92 Å². The monoisotopic (exact) mass is 315 g/mol. The maximum atomic E-state index is 12.4. The van der Waals surface area contributed by atoms with E-state index < -0.39 is 16.8 Å². The first-order valence-corrected chi connectivity index (χ1v) is 7.45. The molecule has 0 radical (unpaired) electrons. The highest BCUT2D eigenvalue weighted by atomic mass is 16.2. The van der Waals surface area contributed by atoms with E-state index in [0.29, 0.717) is 23.8 Å². The second kappa shape index (κ2) is 5.45. The maximum Gasteiger partial charge on any atom is 0.329 e. The number of fused-ring (bicyclic) bond motifs is 2. The van der Waals surface area contributed by atoms with Gasteiger partial charge in [-0.15, -0.1) is 0 Å². The summed E-state index contributed by atoms with van der Waals surface area (Å²) in [5.41, 5.74) is -0.705. The summed E-state index contributed by atoms with van der Waals surface area (Å²) in [6, 6.07) is 1.47. The molecule has 0 saturated heterocycles. The molecule has 0 aromatic carbocycles. The molecule has 3 heterocycles. The van der Waals surface area contributed by atoms with Gasteiger partial charge in [-0.3, -0.25) is 19.1 Å². The maximum absolute atomic E-state index is 12.4. The van der Waals surface area contributed by atoms with Crippen molar-refractivity contribution in [3.8, 4) is 11.4 Å². The lowest BCUT2D eigenvalue weighted by molar-refractivity contribution is 0.632. The van der Waals surface area contributed by atoms with E-state index >= 15 is 0 Å². The van der Waals surface area contributed by atoms with Gasteiger partial charge < -0.3 is 4.57 Å². The van der Waals surface area contributed by atoms with Crippen LogP contribution in [-0.2, 0) is 13.6 Å². The summed E-state index contributed by atoms with van der Waals surface area (Å²) in [4.78, 5) is 47.4. The van der Waals surface area contributed by atoms with Crippen molar-refractivity contribution in [2.24, 2.45) is 7.05 Å². The molecule has 3 rings (SSSR count). The Hall–Kier alpha value is -2.77. The summed E-state index contributed by atoms with van der Waals surface area (Å²) in [7, 11) is 1.39.